The fourth-order valence-electron chi connectivity index (χ4n) is 3.61. The number of hydrogen-bond acceptors (Lipinski definition) is 4. The highest BCUT2D eigenvalue weighted by Crippen LogP contribution is 2.42. The van der Waals surface area contributed by atoms with E-state index in [9.17, 15) is 9.18 Å². The molecule has 6 nitrogen and oxygen atoms in total. The lowest BCUT2D eigenvalue weighted by Gasteiger charge is -2.44. The van der Waals surface area contributed by atoms with Crippen LogP contribution < -0.4 is 14.8 Å². The highest BCUT2D eigenvalue weighted by molar-refractivity contribution is 5.74. The number of ether oxygens (including phenoxy) is 3. The topological polar surface area (TPSA) is 60.0 Å². The number of hydrogen-bond donors (Lipinski definition) is 1. The first-order valence-corrected chi connectivity index (χ1v) is 9.35. The van der Waals surface area contributed by atoms with Crippen molar-refractivity contribution in [3.05, 3.63) is 59.4 Å². The van der Waals surface area contributed by atoms with Gasteiger partial charge in [-0.2, -0.15) is 0 Å². The van der Waals surface area contributed by atoms with Crippen LogP contribution in [0.15, 0.2) is 42.5 Å². The first-order chi connectivity index (χ1) is 13.6. The van der Waals surface area contributed by atoms with E-state index in [1.807, 2.05) is 18.2 Å². The number of piperidine rings is 1. The van der Waals surface area contributed by atoms with Crippen LogP contribution in [0.1, 0.15) is 24.0 Å². The van der Waals surface area contributed by atoms with Gasteiger partial charge in [-0.05, 0) is 23.8 Å². The zero-order valence-electron chi connectivity index (χ0n) is 15.7. The first kappa shape index (κ1) is 18.6. The third kappa shape index (κ3) is 3.75. The van der Waals surface area contributed by atoms with Crippen LogP contribution in [0, 0.1) is 5.82 Å². The Morgan fingerprint density at radius 2 is 2.04 bits per heavy atom. The fraction of sp³-hybridized carbons (Fsp3) is 0.381. The summed E-state index contributed by atoms with van der Waals surface area (Å²) in [5.74, 6) is 0.366. The van der Waals surface area contributed by atoms with Gasteiger partial charge in [-0.3, -0.25) is 0 Å². The SMILES string of the molecule is COc1cccc2c1OC1(CCN(C(=O)NCc3cccc(F)c3)CC1)OC2. The summed E-state index contributed by atoms with van der Waals surface area (Å²) < 4.78 is 30.9. The third-order valence-electron chi connectivity index (χ3n) is 5.20. The summed E-state index contributed by atoms with van der Waals surface area (Å²) in [6.07, 6.45) is 1.13. The second-order valence-corrected chi connectivity index (χ2v) is 7.03. The molecule has 0 aromatic heterocycles. The molecule has 1 spiro atoms. The smallest absolute Gasteiger partial charge is 0.317 e. The molecule has 2 aliphatic heterocycles. The van der Waals surface area contributed by atoms with Crippen LogP contribution in [-0.2, 0) is 17.9 Å². The normalized spacial score (nSPS) is 17.6. The minimum absolute atomic E-state index is 0.173. The Morgan fingerprint density at radius 1 is 1.25 bits per heavy atom. The van der Waals surface area contributed by atoms with E-state index in [1.54, 1.807) is 24.1 Å². The monoisotopic (exact) mass is 386 g/mol. The van der Waals surface area contributed by atoms with Crippen LogP contribution >= 0.6 is 0 Å². The largest absolute Gasteiger partial charge is 0.493 e. The molecule has 0 atom stereocenters. The summed E-state index contributed by atoms with van der Waals surface area (Å²) in [6, 6.07) is 11.8. The Balaban J connectivity index is 1.35. The van der Waals surface area contributed by atoms with E-state index in [1.165, 1.54) is 12.1 Å². The number of amides is 2. The summed E-state index contributed by atoms with van der Waals surface area (Å²) in [7, 11) is 1.62. The number of urea groups is 1. The quantitative estimate of drug-likeness (QED) is 0.878. The minimum atomic E-state index is -0.735. The van der Waals surface area contributed by atoms with Crippen LogP contribution in [0.4, 0.5) is 9.18 Å². The summed E-state index contributed by atoms with van der Waals surface area (Å²) in [4.78, 5) is 14.2. The van der Waals surface area contributed by atoms with Gasteiger partial charge in [0.25, 0.3) is 0 Å². The number of benzene rings is 2. The molecule has 2 heterocycles. The van der Waals surface area contributed by atoms with Crippen molar-refractivity contribution in [1.82, 2.24) is 10.2 Å². The molecule has 2 amide bonds. The van der Waals surface area contributed by atoms with E-state index < -0.39 is 5.79 Å². The Kier molecular flexibility index (Phi) is 5.09. The highest BCUT2D eigenvalue weighted by Gasteiger charge is 2.42. The maximum atomic E-state index is 13.2. The average molecular weight is 386 g/mol. The molecule has 0 bridgehead atoms. The van der Waals surface area contributed by atoms with E-state index in [-0.39, 0.29) is 18.4 Å². The maximum Gasteiger partial charge on any atom is 0.317 e. The number of carbonyl (C=O) groups is 1. The van der Waals surface area contributed by atoms with E-state index in [4.69, 9.17) is 14.2 Å². The summed E-state index contributed by atoms with van der Waals surface area (Å²) in [5.41, 5.74) is 1.68. The van der Waals surface area contributed by atoms with Crippen LogP contribution in [0.2, 0.25) is 0 Å². The Hall–Kier alpha value is -2.80. The average Bonchev–Trinajstić information content (AvgIpc) is 2.72. The standard InChI is InChI=1S/C21H23FN2O4/c1-26-18-7-3-5-16-14-27-21(28-19(16)18)8-10-24(11-9-21)20(25)23-13-15-4-2-6-17(22)12-15/h2-7,12H,8-11,13-14H2,1H3,(H,23,25). The number of nitrogens with zero attached hydrogens (tertiary/aromatic N) is 1. The van der Waals surface area contributed by atoms with Crippen molar-refractivity contribution in [2.45, 2.75) is 31.8 Å². The molecular weight excluding hydrogens is 363 g/mol. The molecule has 1 N–H and O–H groups in total. The molecule has 2 aromatic carbocycles. The number of para-hydroxylation sites is 1. The molecule has 0 aliphatic carbocycles. The van der Waals surface area contributed by atoms with Gasteiger partial charge in [0.2, 0.25) is 5.79 Å². The second kappa shape index (κ2) is 7.67. The molecule has 4 rings (SSSR count). The van der Waals surface area contributed by atoms with Gasteiger partial charge in [0.1, 0.15) is 5.82 Å². The Morgan fingerprint density at radius 3 is 2.79 bits per heavy atom. The molecule has 28 heavy (non-hydrogen) atoms. The number of rotatable bonds is 3. The van der Waals surface area contributed by atoms with Crippen molar-refractivity contribution < 1.29 is 23.4 Å². The molecule has 1 saturated heterocycles. The van der Waals surface area contributed by atoms with Gasteiger partial charge in [-0.1, -0.05) is 24.3 Å². The van der Waals surface area contributed by atoms with Crippen molar-refractivity contribution >= 4 is 6.03 Å². The van der Waals surface area contributed by atoms with Gasteiger partial charge < -0.3 is 24.4 Å². The van der Waals surface area contributed by atoms with Crippen LogP contribution in [0.3, 0.4) is 0 Å². The third-order valence-corrected chi connectivity index (χ3v) is 5.20. The van der Waals surface area contributed by atoms with E-state index in [0.717, 1.165) is 16.9 Å². The molecule has 0 radical (unpaired) electrons. The Bertz CT molecular complexity index is 851. The fourth-order valence-corrected chi connectivity index (χ4v) is 3.61. The zero-order chi connectivity index (χ0) is 19.6. The number of nitrogens with one attached hydrogen (secondary N) is 1. The number of halogens is 1. The molecule has 2 aliphatic rings. The predicted octanol–water partition coefficient (Wildman–Crippen LogP) is 3.45. The number of methoxy groups -OCH3 is 1. The summed E-state index contributed by atoms with van der Waals surface area (Å²) >= 11 is 0. The lowest BCUT2D eigenvalue weighted by atomic mass is 10.0. The number of fused-ring (bicyclic) bond motifs is 1. The molecule has 2 aromatic rings. The van der Waals surface area contributed by atoms with E-state index in [0.29, 0.717) is 38.3 Å². The lowest BCUT2D eigenvalue weighted by Crippen LogP contribution is -2.54. The van der Waals surface area contributed by atoms with Crippen LogP contribution in [-0.4, -0.2) is 36.9 Å². The molecule has 0 saturated carbocycles. The maximum absolute atomic E-state index is 13.2. The summed E-state index contributed by atoms with van der Waals surface area (Å²) in [5, 5.41) is 2.84. The van der Waals surface area contributed by atoms with Crippen molar-refractivity contribution in [3.63, 3.8) is 0 Å². The van der Waals surface area contributed by atoms with Gasteiger partial charge >= 0.3 is 6.03 Å². The molecule has 0 unspecified atom stereocenters. The molecule has 148 valence electrons. The van der Waals surface area contributed by atoms with Gasteiger partial charge in [-0.15, -0.1) is 0 Å². The lowest BCUT2D eigenvalue weighted by molar-refractivity contribution is -0.225. The zero-order valence-corrected chi connectivity index (χ0v) is 15.7. The van der Waals surface area contributed by atoms with Gasteiger partial charge in [0, 0.05) is 38.0 Å². The Labute approximate surface area is 163 Å². The van der Waals surface area contributed by atoms with E-state index >= 15 is 0 Å². The number of carbonyl (C=O) groups excluding carboxylic acids is 1. The van der Waals surface area contributed by atoms with Crippen LogP contribution in [0.5, 0.6) is 11.5 Å². The minimum Gasteiger partial charge on any atom is -0.493 e. The molecule has 7 heteroatoms. The molecule has 1 fully saturated rings. The first-order valence-electron chi connectivity index (χ1n) is 9.35. The van der Waals surface area contributed by atoms with E-state index in [2.05, 4.69) is 5.32 Å². The van der Waals surface area contributed by atoms with Crippen molar-refractivity contribution in [2.24, 2.45) is 0 Å². The highest BCUT2D eigenvalue weighted by atomic mass is 19.1. The van der Waals surface area contributed by atoms with Crippen LogP contribution in [0.25, 0.3) is 0 Å². The van der Waals surface area contributed by atoms with Crippen molar-refractivity contribution in [1.29, 1.82) is 0 Å². The van der Waals surface area contributed by atoms with Crippen molar-refractivity contribution in [2.75, 3.05) is 20.2 Å². The number of likely N-dealkylation sites (tertiary alicyclic amines) is 1. The second-order valence-electron chi connectivity index (χ2n) is 7.03. The predicted molar refractivity (Wildman–Crippen MR) is 101 cm³/mol. The summed E-state index contributed by atoms with van der Waals surface area (Å²) in [6.45, 7) is 1.77. The van der Waals surface area contributed by atoms with Gasteiger partial charge in [0.05, 0.1) is 13.7 Å². The van der Waals surface area contributed by atoms with Crippen molar-refractivity contribution in [3.8, 4) is 11.5 Å². The van der Waals surface area contributed by atoms with Gasteiger partial charge in [-0.25, -0.2) is 9.18 Å². The van der Waals surface area contributed by atoms with Gasteiger partial charge in [0.15, 0.2) is 11.5 Å². The molecular formula is C21H23FN2O4.